The van der Waals surface area contributed by atoms with Crippen molar-refractivity contribution in [2.45, 2.75) is 45.1 Å². The lowest BCUT2D eigenvalue weighted by Gasteiger charge is -2.37. The van der Waals surface area contributed by atoms with Crippen molar-refractivity contribution in [2.75, 3.05) is 26.1 Å². The molecule has 0 aromatic heterocycles. The lowest BCUT2D eigenvalue weighted by Crippen LogP contribution is -2.43. The summed E-state index contributed by atoms with van der Waals surface area (Å²) >= 11 is 0. The van der Waals surface area contributed by atoms with Gasteiger partial charge < -0.3 is 19.5 Å². The molecule has 1 saturated carbocycles. The summed E-state index contributed by atoms with van der Waals surface area (Å²) in [4.78, 5) is 25.1. The van der Waals surface area contributed by atoms with E-state index in [1.807, 2.05) is 43.3 Å². The molecule has 34 heavy (non-hydrogen) atoms. The number of carbonyl (C=O) groups is 2. The monoisotopic (exact) mass is 465 g/mol. The molecule has 1 aliphatic carbocycles. The van der Waals surface area contributed by atoms with Crippen molar-refractivity contribution >= 4 is 23.2 Å². The fraction of sp³-hybridized carbons (Fsp3) is 0.429. The minimum absolute atomic E-state index is 0.162. The largest absolute Gasteiger partial charge is 0.497 e. The number of benzene rings is 2. The van der Waals surface area contributed by atoms with Crippen LogP contribution in [0, 0.1) is 11.8 Å². The Morgan fingerprint density at radius 1 is 0.971 bits per heavy atom. The standard InChI is InChI=1S/C28H35NO5/c1-5-34-28(31)26(29-23-15-17-24(32-3)18-16-23)25(21-9-7-6-8-10-21)19(2)20-11-13-22(14-12-20)27(30)33-4/h11-18,21,25-26,29H,2,5-10H2,1,3-4H3. The molecule has 1 aliphatic rings. The van der Waals surface area contributed by atoms with Crippen LogP contribution in [0.5, 0.6) is 5.75 Å². The molecule has 2 aromatic rings. The average Bonchev–Trinajstić information content (AvgIpc) is 2.89. The molecule has 0 saturated heterocycles. The summed E-state index contributed by atoms with van der Waals surface area (Å²) in [7, 11) is 2.99. The van der Waals surface area contributed by atoms with E-state index in [0.717, 1.165) is 48.3 Å². The van der Waals surface area contributed by atoms with Crippen LogP contribution in [0.3, 0.4) is 0 Å². The summed E-state index contributed by atoms with van der Waals surface area (Å²) in [6.45, 7) is 6.56. The van der Waals surface area contributed by atoms with Gasteiger partial charge >= 0.3 is 11.9 Å². The van der Waals surface area contributed by atoms with E-state index in [4.69, 9.17) is 14.2 Å². The second kappa shape index (κ2) is 12.3. The molecule has 0 amide bonds. The van der Waals surface area contributed by atoms with Crippen LogP contribution in [-0.4, -0.2) is 38.8 Å². The molecular formula is C28H35NO5. The van der Waals surface area contributed by atoms with Crippen molar-refractivity contribution in [3.05, 3.63) is 66.2 Å². The van der Waals surface area contributed by atoms with E-state index in [9.17, 15) is 9.59 Å². The molecule has 0 bridgehead atoms. The molecular weight excluding hydrogens is 430 g/mol. The topological polar surface area (TPSA) is 73.9 Å². The van der Waals surface area contributed by atoms with Crippen LogP contribution < -0.4 is 10.1 Å². The molecule has 182 valence electrons. The van der Waals surface area contributed by atoms with Crippen molar-refractivity contribution < 1.29 is 23.8 Å². The minimum atomic E-state index is -0.593. The molecule has 2 aromatic carbocycles. The molecule has 3 rings (SSSR count). The van der Waals surface area contributed by atoms with Crippen LogP contribution >= 0.6 is 0 Å². The van der Waals surface area contributed by atoms with Crippen LogP contribution in [0.15, 0.2) is 55.1 Å². The molecule has 1 fully saturated rings. The van der Waals surface area contributed by atoms with Gasteiger partial charge in [-0.05, 0) is 73.2 Å². The summed E-state index contributed by atoms with van der Waals surface area (Å²) in [5, 5.41) is 3.44. The third kappa shape index (κ3) is 6.19. The number of nitrogens with one attached hydrogen (secondary N) is 1. The van der Waals surface area contributed by atoms with Gasteiger partial charge in [-0.3, -0.25) is 0 Å². The van der Waals surface area contributed by atoms with Crippen LogP contribution in [-0.2, 0) is 14.3 Å². The van der Waals surface area contributed by atoms with E-state index in [1.165, 1.54) is 13.5 Å². The van der Waals surface area contributed by atoms with Crippen molar-refractivity contribution in [3.63, 3.8) is 0 Å². The normalized spacial score (nSPS) is 15.6. The zero-order chi connectivity index (χ0) is 24.5. The summed E-state index contributed by atoms with van der Waals surface area (Å²) in [6.07, 6.45) is 5.54. The Hall–Kier alpha value is -3.28. The number of esters is 2. The zero-order valence-electron chi connectivity index (χ0n) is 20.3. The molecule has 0 heterocycles. The highest BCUT2D eigenvalue weighted by Gasteiger charge is 2.38. The first-order chi connectivity index (χ1) is 16.5. The predicted octanol–water partition coefficient (Wildman–Crippen LogP) is 5.74. The van der Waals surface area contributed by atoms with E-state index in [2.05, 4.69) is 11.9 Å². The Balaban J connectivity index is 1.96. The smallest absolute Gasteiger partial charge is 0.337 e. The first-order valence-electron chi connectivity index (χ1n) is 11.9. The maximum Gasteiger partial charge on any atom is 0.337 e. The van der Waals surface area contributed by atoms with Crippen molar-refractivity contribution in [1.29, 1.82) is 0 Å². The van der Waals surface area contributed by atoms with Crippen LogP contribution in [0.2, 0.25) is 0 Å². The fourth-order valence-electron chi connectivity index (χ4n) is 4.78. The van der Waals surface area contributed by atoms with Crippen molar-refractivity contribution in [2.24, 2.45) is 11.8 Å². The first-order valence-corrected chi connectivity index (χ1v) is 11.9. The summed E-state index contributed by atoms with van der Waals surface area (Å²) in [5.74, 6) is 0.206. The van der Waals surface area contributed by atoms with E-state index in [1.54, 1.807) is 19.2 Å². The maximum absolute atomic E-state index is 13.3. The van der Waals surface area contributed by atoms with Gasteiger partial charge in [-0.25, -0.2) is 9.59 Å². The maximum atomic E-state index is 13.3. The van der Waals surface area contributed by atoms with E-state index < -0.39 is 6.04 Å². The van der Waals surface area contributed by atoms with Gasteiger partial charge in [0.2, 0.25) is 0 Å². The van der Waals surface area contributed by atoms with Gasteiger partial charge in [-0.1, -0.05) is 38.0 Å². The fourth-order valence-corrected chi connectivity index (χ4v) is 4.78. The average molecular weight is 466 g/mol. The SMILES string of the molecule is C=C(c1ccc(C(=O)OC)cc1)C(C1CCCCC1)C(Nc1ccc(OC)cc1)C(=O)OCC. The number of rotatable bonds is 10. The van der Waals surface area contributed by atoms with Gasteiger partial charge in [-0.15, -0.1) is 0 Å². The molecule has 2 atom stereocenters. The lowest BCUT2D eigenvalue weighted by atomic mass is 9.71. The molecule has 0 radical (unpaired) electrons. The van der Waals surface area contributed by atoms with Gasteiger partial charge in [0.05, 0.1) is 26.4 Å². The third-order valence-corrected chi connectivity index (χ3v) is 6.55. The van der Waals surface area contributed by atoms with Crippen LogP contribution in [0.1, 0.15) is 54.9 Å². The van der Waals surface area contributed by atoms with Gasteiger partial charge in [0.25, 0.3) is 0 Å². The molecule has 0 aliphatic heterocycles. The summed E-state index contributed by atoms with van der Waals surface area (Å²) < 4.78 is 15.6. The molecule has 6 nitrogen and oxygen atoms in total. The Labute approximate surface area is 202 Å². The van der Waals surface area contributed by atoms with Gasteiger partial charge in [0, 0.05) is 11.6 Å². The number of hydrogen-bond donors (Lipinski definition) is 1. The zero-order valence-corrected chi connectivity index (χ0v) is 20.3. The Kier molecular flexibility index (Phi) is 9.14. The Morgan fingerprint density at radius 3 is 2.15 bits per heavy atom. The summed E-state index contributed by atoms with van der Waals surface area (Å²) in [6, 6.07) is 14.2. The number of methoxy groups -OCH3 is 2. The number of hydrogen-bond acceptors (Lipinski definition) is 6. The number of anilines is 1. The quantitative estimate of drug-likeness (QED) is 0.451. The van der Waals surface area contributed by atoms with Crippen molar-refractivity contribution in [1.82, 2.24) is 0 Å². The Bertz CT molecular complexity index is 961. The lowest BCUT2D eigenvalue weighted by molar-refractivity contribution is -0.145. The highest BCUT2D eigenvalue weighted by atomic mass is 16.5. The highest BCUT2D eigenvalue weighted by molar-refractivity contribution is 5.90. The van der Waals surface area contributed by atoms with E-state index in [-0.39, 0.29) is 17.9 Å². The van der Waals surface area contributed by atoms with Crippen molar-refractivity contribution in [3.8, 4) is 5.75 Å². The highest BCUT2D eigenvalue weighted by Crippen LogP contribution is 2.40. The first kappa shape index (κ1) is 25.3. The van der Waals surface area contributed by atoms with E-state index in [0.29, 0.717) is 18.1 Å². The summed E-state index contributed by atoms with van der Waals surface area (Å²) in [5.41, 5.74) is 3.05. The van der Waals surface area contributed by atoms with Crippen LogP contribution in [0.4, 0.5) is 5.69 Å². The predicted molar refractivity (Wildman–Crippen MR) is 134 cm³/mol. The molecule has 0 spiro atoms. The van der Waals surface area contributed by atoms with Gasteiger partial charge in [0.1, 0.15) is 11.8 Å². The second-order valence-corrected chi connectivity index (χ2v) is 8.62. The third-order valence-electron chi connectivity index (χ3n) is 6.55. The van der Waals surface area contributed by atoms with Gasteiger partial charge in [0.15, 0.2) is 0 Å². The Morgan fingerprint density at radius 2 is 1.59 bits per heavy atom. The van der Waals surface area contributed by atoms with Crippen LogP contribution in [0.25, 0.3) is 5.57 Å². The molecule has 2 unspecified atom stereocenters. The number of ether oxygens (including phenoxy) is 3. The number of carbonyl (C=O) groups excluding carboxylic acids is 2. The second-order valence-electron chi connectivity index (χ2n) is 8.62. The minimum Gasteiger partial charge on any atom is -0.497 e. The molecule has 6 heteroatoms. The van der Waals surface area contributed by atoms with Gasteiger partial charge in [-0.2, -0.15) is 0 Å². The molecule has 1 N–H and O–H groups in total. The van der Waals surface area contributed by atoms with E-state index >= 15 is 0 Å².